The van der Waals surface area contributed by atoms with Gasteiger partial charge in [0, 0.05) is 23.1 Å². The van der Waals surface area contributed by atoms with Crippen molar-refractivity contribution in [1.82, 2.24) is 9.62 Å². The van der Waals surface area contributed by atoms with Crippen molar-refractivity contribution in [3.05, 3.63) is 100 Å². The number of halogens is 2. The van der Waals surface area contributed by atoms with Gasteiger partial charge in [-0.05, 0) is 60.4 Å². The van der Waals surface area contributed by atoms with Gasteiger partial charge in [0.2, 0.25) is 5.96 Å². The average molecular weight is 573 g/mol. The highest BCUT2D eigenvalue weighted by atomic mass is 35.5. The Balaban J connectivity index is 1.33. The molecule has 2 fully saturated rings. The van der Waals surface area contributed by atoms with E-state index in [1.807, 2.05) is 59.5 Å². The number of rotatable bonds is 7. The van der Waals surface area contributed by atoms with E-state index in [9.17, 15) is 8.42 Å². The van der Waals surface area contributed by atoms with Gasteiger partial charge in [-0.3, -0.25) is 0 Å². The Morgan fingerprint density at radius 3 is 2.05 bits per heavy atom. The highest BCUT2D eigenvalue weighted by molar-refractivity contribution is 7.90. The molecule has 0 bridgehead atoms. The maximum absolute atomic E-state index is 13.2. The van der Waals surface area contributed by atoms with Gasteiger partial charge in [-0.15, -0.1) is 0 Å². The van der Waals surface area contributed by atoms with E-state index >= 15 is 0 Å². The highest BCUT2D eigenvalue weighted by Gasteiger charge is 2.35. The summed E-state index contributed by atoms with van der Waals surface area (Å²) in [6.07, 6.45) is 4.99. The number of nitrogens with zero attached hydrogens (tertiary/aromatic N) is 2. The number of nitrogens with one attached hydrogen (secondary N) is 1. The lowest BCUT2D eigenvalue weighted by atomic mass is 9.96. The van der Waals surface area contributed by atoms with Crippen LogP contribution in [0.3, 0.4) is 0 Å². The summed E-state index contributed by atoms with van der Waals surface area (Å²) in [7, 11) is -3.81. The molecule has 1 saturated carbocycles. The minimum absolute atomic E-state index is 0.0903. The fraction of sp³-hybridized carbons (Fsp3) is 0.345. The van der Waals surface area contributed by atoms with Crippen LogP contribution in [0.15, 0.2) is 88.8 Å². The van der Waals surface area contributed by atoms with Gasteiger partial charge in [0.15, 0.2) is 0 Å². The molecule has 200 valence electrons. The molecule has 1 heterocycles. The molecule has 0 radical (unpaired) electrons. The molecule has 3 aromatic rings. The second kappa shape index (κ2) is 12.1. The Morgan fingerprint density at radius 2 is 1.42 bits per heavy atom. The van der Waals surface area contributed by atoms with Crippen LogP contribution in [0.1, 0.15) is 49.3 Å². The van der Waals surface area contributed by atoms with Crippen LogP contribution in [0.5, 0.6) is 0 Å². The van der Waals surface area contributed by atoms with Crippen molar-refractivity contribution in [2.75, 3.05) is 13.1 Å². The maximum Gasteiger partial charge on any atom is 0.264 e. The van der Waals surface area contributed by atoms with Crippen LogP contribution in [-0.2, 0) is 14.8 Å². The topological polar surface area (TPSA) is 71.0 Å². The van der Waals surface area contributed by atoms with Gasteiger partial charge >= 0.3 is 0 Å². The first-order valence-electron chi connectivity index (χ1n) is 12.9. The molecule has 0 spiro atoms. The molecule has 0 aromatic heterocycles. The normalized spacial score (nSPS) is 18.2. The van der Waals surface area contributed by atoms with Crippen molar-refractivity contribution in [2.24, 2.45) is 4.99 Å². The fourth-order valence-electron chi connectivity index (χ4n) is 4.85. The summed E-state index contributed by atoms with van der Waals surface area (Å²) < 4.78 is 35.7. The number of ether oxygens (including phenoxy) is 1. The average Bonchev–Trinajstić information content (AvgIpc) is 2.90. The molecule has 1 aliphatic carbocycles. The number of aliphatic imine (C=N–C) groups is 1. The molecular weight excluding hydrogens is 541 g/mol. The zero-order chi connectivity index (χ0) is 26.5. The van der Waals surface area contributed by atoms with Gasteiger partial charge < -0.3 is 9.64 Å². The largest absolute Gasteiger partial charge is 0.362 e. The molecule has 1 saturated heterocycles. The summed E-state index contributed by atoms with van der Waals surface area (Å²) in [5.41, 5.74) is 2.06. The molecule has 1 N–H and O–H groups in total. The van der Waals surface area contributed by atoms with Gasteiger partial charge in [0.25, 0.3) is 10.0 Å². The molecule has 9 heteroatoms. The standard InChI is InChI=1S/C29H31Cl2N3O3S/c30-23-13-11-22(12-14-23)28(21-7-3-1-4-8-21)37-26-19-34(20-26)29(32-25-9-5-2-6-10-25)33-38(35,36)27-17-15-24(31)16-18-27/h1,3-4,7-8,11-18,25-26,28H,2,5-6,9-10,19-20H2,(H,32,33). The SMILES string of the molecule is O=S(=O)(NC(=NC1CCCCC1)N1CC(OC(c2ccccc2)c2ccc(Cl)cc2)C1)c1ccc(Cl)cc1. The second-order valence-electron chi connectivity index (χ2n) is 9.81. The summed E-state index contributed by atoms with van der Waals surface area (Å²) >= 11 is 12.1. The molecule has 5 rings (SSSR count). The summed E-state index contributed by atoms with van der Waals surface area (Å²) in [5, 5.41) is 1.16. The van der Waals surface area contributed by atoms with Gasteiger partial charge in [-0.1, -0.05) is 84.9 Å². The van der Waals surface area contributed by atoms with Gasteiger partial charge in [-0.25, -0.2) is 18.1 Å². The van der Waals surface area contributed by atoms with Crippen molar-refractivity contribution >= 4 is 39.2 Å². The zero-order valence-corrected chi connectivity index (χ0v) is 23.3. The Kier molecular flexibility index (Phi) is 8.58. The molecule has 3 aromatic carbocycles. The summed E-state index contributed by atoms with van der Waals surface area (Å²) in [6, 6.07) is 24.0. The number of benzene rings is 3. The van der Waals surface area contributed by atoms with E-state index in [2.05, 4.69) is 4.72 Å². The molecular formula is C29H31Cl2N3O3S. The van der Waals surface area contributed by atoms with E-state index in [0.29, 0.717) is 29.1 Å². The minimum Gasteiger partial charge on any atom is -0.362 e. The molecule has 6 nitrogen and oxygen atoms in total. The van der Waals surface area contributed by atoms with Crippen LogP contribution in [0.2, 0.25) is 10.0 Å². The predicted molar refractivity (Wildman–Crippen MR) is 152 cm³/mol. The van der Waals surface area contributed by atoms with Crippen LogP contribution in [0, 0.1) is 0 Å². The minimum atomic E-state index is -3.81. The van der Waals surface area contributed by atoms with E-state index in [-0.39, 0.29) is 23.1 Å². The summed E-state index contributed by atoms with van der Waals surface area (Å²) in [4.78, 5) is 6.99. The lowest BCUT2D eigenvalue weighted by molar-refractivity contribution is -0.0579. The van der Waals surface area contributed by atoms with E-state index in [1.54, 1.807) is 12.1 Å². The third kappa shape index (κ3) is 6.70. The number of sulfonamides is 1. The molecule has 2 aliphatic rings. The summed E-state index contributed by atoms with van der Waals surface area (Å²) in [5.74, 6) is 0.384. The van der Waals surface area contributed by atoms with Crippen LogP contribution in [-0.4, -0.2) is 44.5 Å². The Labute approximate surface area is 234 Å². The Hall–Kier alpha value is -2.58. The van der Waals surface area contributed by atoms with Gasteiger partial charge in [0.1, 0.15) is 6.10 Å². The van der Waals surface area contributed by atoms with E-state index in [1.165, 1.54) is 18.6 Å². The van der Waals surface area contributed by atoms with Gasteiger partial charge in [-0.2, -0.15) is 0 Å². The number of likely N-dealkylation sites (tertiary alicyclic amines) is 1. The quantitative estimate of drug-likeness (QED) is 0.261. The zero-order valence-electron chi connectivity index (χ0n) is 21.0. The molecule has 1 aliphatic heterocycles. The Morgan fingerprint density at radius 1 is 0.842 bits per heavy atom. The number of hydrogen-bond acceptors (Lipinski definition) is 4. The Bertz CT molecular complexity index is 1340. The predicted octanol–water partition coefficient (Wildman–Crippen LogP) is 6.45. The first-order valence-corrected chi connectivity index (χ1v) is 15.2. The molecule has 38 heavy (non-hydrogen) atoms. The third-order valence-electron chi connectivity index (χ3n) is 6.98. The highest BCUT2D eigenvalue weighted by Crippen LogP contribution is 2.31. The van der Waals surface area contributed by atoms with Crippen LogP contribution >= 0.6 is 23.2 Å². The maximum atomic E-state index is 13.2. The smallest absolute Gasteiger partial charge is 0.264 e. The van der Waals surface area contributed by atoms with Crippen molar-refractivity contribution in [1.29, 1.82) is 0 Å². The van der Waals surface area contributed by atoms with Crippen molar-refractivity contribution < 1.29 is 13.2 Å². The van der Waals surface area contributed by atoms with E-state index in [0.717, 1.165) is 36.8 Å². The van der Waals surface area contributed by atoms with E-state index in [4.69, 9.17) is 32.9 Å². The van der Waals surface area contributed by atoms with Gasteiger partial charge in [0.05, 0.1) is 17.0 Å². The van der Waals surface area contributed by atoms with Crippen LogP contribution < -0.4 is 4.72 Å². The van der Waals surface area contributed by atoms with Crippen molar-refractivity contribution in [2.45, 2.75) is 55.2 Å². The molecule has 0 amide bonds. The number of guanidine groups is 1. The van der Waals surface area contributed by atoms with Crippen molar-refractivity contribution in [3.8, 4) is 0 Å². The first-order chi connectivity index (χ1) is 18.4. The van der Waals surface area contributed by atoms with E-state index < -0.39 is 10.0 Å². The van der Waals surface area contributed by atoms with Crippen LogP contribution in [0.4, 0.5) is 0 Å². The third-order valence-corrected chi connectivity index (χ3v) is 8.83. The fourth-order valence-corrected chi connectivity index (χ4v) is 6.14. The molecule has 1 atom stereocenters. The number of hydrogen-bond donors (Lipinski definition) is 1. The van der Waals surface area contributed by atoms with Crippen molar-refractivity contribution in [3.63, 3.8) is 0 Å². The monoisotopic (exact) mass is 571 g/mol. The van der Waals surface area contributed by atoms with Crippen LogP contribution in [0.25, 0.3) is 0 Å². The second-order valence-corrected chi connectivity index (χ2v) is 12.4. The first kappa shape index (κ1) is 27.0. The summed E-state index contributed by atoms with van der Waals surface area (Å²) in [6.45, 7) is 1.07. The molecule has 1 unspecified atom stereocenters. The lowest BCUT2D eigenvalue weighted by Crippen LogP contribution is -2.59. The lowest BCUT2D eigenvalue weighted by Gasteiger charge is -2.42.